The van der Waals surface area contributed by atoms with Crippen LogP contribution in [0.2, 0.25) is 0 Å². The maximum atomic E-state index is 13.0. The van der Waals surface area contributed by atoms with Gasteiger partial charge >= 0.3 is 0 Å². The van der Waals surface area contributed by atoms with Crippen LogP contribution in [0.25, 0.3) is 17.0 Å². The van der Waals surface area contributed by atoms with Crippen molar-refractivity contribution in [1.29, 1.82) is 0 Å². The van der Waals surface area contributed by atoms with E-state index in [2.05, 4.69) is 20.2 Å². The third-order valence-electron chi connectivity index (χ3n) is 5.17. The minimum Gasteiger partial charge on any atom is -0.332 e. The van der Waals surface area contributed by atoms with Crippen molar-refractivity contribution in [1.82, 2.24) is 29.5 Å². The number of likely N-dealkylation sites (tertiary alicyclic amines) is 1. The van der Waals surface area contributed by atoms with Gasteiger partial charge in [-0.3, -0.25) is 9.89 Å². The number of hydrogen-bond donors (Lipinski definition) is 1. The summed E-state index contributed by atoms with van der Waals surface area (Å²) in [6, 6.07) is 15.6. The summed E-state index contributed by atoms with van der Waals surface area (Å²) in [5, 5.41) is 7.39. The third kappa shape index (κ3) is 3.05. The van der Waals surface area contributed by atoms with E-state index in [9.17, 15) is 4.79 Å². The largest absolute Gasteiger partial charge is 0.332 e. The molecule has 28 heavy (non-hydrogen) atoms. The topological polar surface area (TPSA) is 79.2 Å². The summed E-state index contributed by atoms with van der Waals surface area (Å²) in [5.74, 6) is 1.48. The molecule has 7 heteroatoms. The molecule has 1 N–H and O–H groups in total. The summed E-state index contributed by atoms with van der Waals surface area (Å²) in [5.41, 5.74) is 2.60. The lowest BCUT2D eigenvalue weighted by molar-refractivity contribution is -0.131. The molecule has 0 radical (unpaired) electrons. The Morgan fingerprint density at radius 2 is 1.96 bits per heavy atom. The van der Waals surface area contributed by atoms with E-state index >= 15 is 0 Å². The highest BCUT2D eigenvalue weighted by atomic mass is 16.2. The molecular weight excluding hydrogens is 352 g/mol. The lowest BCUT2D eigenvalue weighted by Gasteiger charge is -2.22. The van der Waals surface area contributed by atoms with Gasteiger partial charge in [0.05, 0.1) is 18.2 Å². The SMILES string of the molecule is O=C(Cc1cn2ccccc2n1)N1CCCC1c1nc(-c2ccccc2)n[nH]1. The highest BCUT2D eigenvalue weighted by Gasteiger charge is 2.32. The zero-order chi connectivity index (χ0) is 18.9. The van der Waals surface area contributed by atoms with Crippen LogP contribution in [-0.4, -0.2) is 41.9 Å². The van der Waals surface area contributed by atoms with E-state index in [0.717, 1.165) is 42.1 Å². The van der Waals surface area contributed by atoms with Crippen molar-refractivity contribution >= 4 is 11.6 Å². The van der Waals surface area contributed by atoms with E-state index in [4.69, 9.17) is 0 Å². The summed E-state index contributed by atoms with van der Waals surface area (Å²) in [7, 11) is 0. The molecule has 7 nitrogen and oxygen atoms in total. The second-order valence-corrected chi connectivity index (χ2v) is 7.03. The van der Waals surface area contributed by atoms with Crippen LogP contribution in [0.1, 0.15) is 30.4 Å². The normalized spacial score (nSPS) is 16.7. The lowest BCUT2D eigenvalue weighted by atomic mass is 10.2. The lowest BCUT2D eigenvalue weighted by Crippen LogP contribution is -2.32. The molecule has 1 amide bonds. The first-order chi connectivity index (χ1) is 13.8. The van der Waals surface area contributed by atoms with Gasteiger partial charge in [-0.25, -0.2) is 9.97 Å². The molecule has 4 aromatic rings. The molecular formula is C21H20N6O. The van der Waals surface area contributed by atoms with Crippen molar-refractivity contribution in [3.05, 3.63) is 72.4 Å². The summed E-state index contributed by atoms with van der Waals surface area (Å²) < 4.78 is 1.94. The Labute approximate surface area is 162 Å². The number of hydrogen-bond acceptors (Lipinski definition) is 4. The van der Waals surface area contributed by atoms with Crippen molar-refractivity contribution in [2.75, 3.05) is 6.54 Å². The first-order valence-corrected chi connectivity index (χ1v) is 9.48. The fraction of sp³-hybridized carbons (Fsp3) is 0.238. The van der Waals surface area contributed by atoms with E-state index in [1.165, 1.54) is 0 Å². The van der Waals surface area contributed by atoms with Crippen LogP contribution >= 0.6 is 0 Å². The molecule has 3 aromatic heterocycles. The minimum atomic E-state index is -0.0607. The number of pyridine rings is 1. The van der Waals surface area contributed by atoms with Crippen molar-refractivity contribution in [3.63, 3.8) is 0 Å². The average Bonchev–Trinajstić information content (AvgIpc) is 3.46. The van der Waals surface area contributed by atoms with E-state index in [1.54, 1.807) is 0 Å². The fourth-order valence-corrected chi connectivity index (χ4v) is 3.82. The van der Waals surface area contributed by atoms with E-state index < -0.39 is 0 Å². The van der Waals surface area contributed by atoms with Crippen LogP contribution in [-0.2, 0) is 11.2 Å². The second kappa shape index (κ2) is 6.92. The Morgan fingerprint density at radius 3 is 2.82 bits per heavy atom. The van der Waals surface area contributed by atoms with Gasteiger partial charge in [0.1, 0.15) is 11.5 Å². The van der Waals surface area contributed by atoms with Gasteiger partial charge in [0.25, 0.3) is 0 Å². The number of rotatable bonds is 4. The van der Waals surface area contributed by atoms with Crippen molar-refractivity contribution in [2.24, 2.45) is 0 Å². The first kappa shape index (κ1) is 16.7. The van der Waals surface area contributed by atoms with Gasteiger partial charge in [-0.1, -0.05) is 36.4 Å². The standard InChI is InChI=1S/C21H20N6O/c28-19(13-16-14-26-11-5-4-10-18(26)22-16)27-12-6-9-17(27)21-23-20(24-25-21)15-7-2-1-3-8-15/h1-5,7-8,10-11,14,17H,6,9,12-13H2,(H,23,24,25). The highest BCUT2D eigenvalue weighted by molar-refractivity contribution is 5.79. The highest BCUT2D eigenvalue weighted by Crippen LogP contribution is 2.31. The number of aromatic nitrogens is 5. The molecule has 1 aromatic carbocycles. The molecule has 0 aliphatic carbocycles. The molecule has 1 unspecified atom stereocenters. The summed E-state index contributed by atoms with van der Waals surface area (Å²) in [6.45, 7) is 0.734. The third-order valence-corrected chi connectivity index (χ3v) is 5.17. The van der Waals surface area contributed by atoms with Crippen molar-refractivity contribution in [3.8, 4) is 11.4 Å². The molecule has 1 aliphatic rings. The van der Waals surface area contributed by atoms with Gasteiger partial charge in [-0.2, -0.15) is 5.10 Å². The number of carbonyl (C=O) groups is 1. The summed E-state index contributed by atoms with van der Waals surface area (Å²) >= 11 is 0. The van der Waals surface area contributed by atoms with Gasteiger partial charge in [0.2, 0.25) is 5.91 Å². The zero-order valence-electron chi connectivity index (χ0n) is 15.3. The molecule has 0 saturated carbocycles. The van der Waals surface area contributed by atoms with Gasteiger partial charge < -0.3 is 9.30 Å². The number of nitrogens with one attached hydrogen (secondary N) is 1. The van der Waals surface area contributed by atoms with Crippen LogP contribution in [0.3, 0.4) is 0 Å². The van der Waals surface area contributed by atoms with Crippen LogP contribution in [0.5, 0.6) is 0 Å². The molecule has 0 spiro atoms. The number of benzene rings is 1. The second-order valence-electron chi connectivity index (χ2n) is 7.03. The van der Waals surface area contributed by atoms with Gasteiger partial charge in [0.15, 0.2) is 5.82 Å². The first-order valence-electron chi connectivity index (χ1n) is 9.48. The van der Waals surface area contributed by atoms with Crippen molar-refractivity contribution in [2.45, 2.75) is 25.3 Å². The van der Waals surface area contributed by atoms with E-state index in [1.807, 2.05) is 70.2 Å². The number of H-pyrrole nitrogens is 1. The maximum absolute atomic E-state index is 13.0. The zero-order valence-corrected chi connectivity index (χ0v) is 15.3. The Morgan fingerprint density at radius 1 is 1.11 bits per heavy atom. The van der Waals surface area contributed by atoms with Crippen LogP contribution < -0.4 is 0 Å². The van der Waals surface area contributed by atoms with Crippen LogP contribution in [0.15, 0.2) is 60.9 Å². The number of fused-ring (bicyclic) bond motifs is 1. The molecule has 4 heterocycles. The maximum Gasteiger partial charge on any atom is 0.229 e. The Balaban J connectivity index is 1.35. The monoisotopic (exact) mass is 372 g/mol. The fourth-order valence-electron chi connectivity index (χ4n) is 3.82. The summed E-state index contributed by atoms with van der Waals surface area (Å²) in [4.78, 5) is 24.1. The molecule has 1 atom stereocenters. The molecule has 1 saturated heterocycles. The van der Waals surface area contributed by atoms with Gasteiger partial charge in [-0.05, 0) is 25.0 Å². The molecule has 5 rings (SSSR count). The van der Waals surface area contributed by atoms with Crippen LogP contribution in [0.4, 0.5) is 0 Å². The number of aromatic amines is 1. The van der Waals surface area contributed by atoms with E-state index in [-0.39, 0.29) is 18.4 Å². The number of nitrogens with zero attached hydrogens (tertiary/aromatic N) is 5. The number of amides is 1. The smallest absolute Gasteiger partial charge is 0.229 e. The molecule has 140 valence electrons. The predicted octanol–water partition coefficient (Wildman–Crippen LogP) is 3.03. The Hall–Kier alpha value is -3.48. The number of carbonyl (C=O) groups excluding carboxylic acids is 1. The molecule has 1 aliphatic heterocycles. The Bertz CT molecular complexity index is 1080. The summed E-state index contributed by atoms with van der Waals surface area (Å²) in [6.07, 6.45) is 6.00. The van der Waals surface area contributed by atoms with Gasteiger partial charge in [0, 0.05) is 24.5 Å². The average molecular weight is 372 g/mol. The van der Waals surface area contributed by atoms with Crippen molar-refractivity contribution < 1.29 is 4.79 Å². The molecule has 0 bridgehead atoms. The number of imidazole rings is 1. The van der Waals surface area contributed by atoms with Gasteiger partial charge in [-0.15, -0.1) is 0 Å². The van der Waals surface area contributed by atoms with Crippen LogP contribution in [0, 0.1) is 0 Å². The van der Waals surface area contributed by atoms with E-state index in [0.29, 0.717) is 5.82 Å². The minimum absolute atomic E-state index is 0.0607. The predicted molar refractivity (Wildman–Crippen MR) is 104 cm³/mol. The Kier molecular flexibility index (Phi) is 4.12. The molecule has 1 fully saturated rings. The quantitative estimate of drug-likeness (QED) is 0.597.